The molecule has 0 radical (unpaired) electrons. The number of imide groups is 1. The highest BCUT2D eigenvalue weighted by Gasteiger charge is 2.27. The molecular weight excluding hydrogens is 289 g/mol. The van der Waals surface area contributed by atoms with Crippen molar-refractivity contribution in [3.63, 3.8) is 0 Å². The molecular formula is C14H18FN5O2. The van der Waals surface area contributed by atoms with Crippen molar-refractivity contribution in [2.45, 2.75) is 6.54 Å². The van der Waals surface area contributed by atoms with E-state index in [-0.39, 0.29) is 30.8 Å². The number of aliphatic imine (C=N–C) groups is 1. The van der Waals surface area contributed by atoms with Gasteiger partial charge in [-0.1, -0.05) is 12.1 Å². The minimum absolute atomic E-state index is 0.0520. The molecule has 1 aliphatic rings. The van der Waals surface area contributed by atoms with Crippen molar-refractivity contribution in [3.05, 3.63) is 35.6 Å². The Hall–Kier alpha value is -2.64. The zero-order valence-electron chi connectivity index (χ0n) is 12.2. The third kappa shape index (κ3) is 4.18. The Morgan fingerprint density at radius 3 is 2.64 bits per heavy atom. The molecule has 1 heterocycles. The molecule has 118 valence electrons. The minimum Gasteiger partial charge on any atom is -0.355 e. The van der Waals surface area contributed by atoms with E-state index >= 15 is 0 Å². The van der Waals surface area contributed by atoms with Crippen molar-refractivity contribution in [2.24, 2.45) is 4.99 Å². The average Bonchev–Trinajstić information content (AvgIpc) is 2.84. The van der Waals surface area contributed by atoms with E-state index < -0.39 is 0 Å². The molecule has 1 fully saturated rings. The molecule has 22 heavy (non-hydrogen) atoms. The number of guanidine groups is 1. The van der Waals surface area contributed by atoms with Crippen LogP contribution in [0.25, 0.3) is 0 Å². The molecule has 0 unspecified atom stereocenters. The van der Waals surface area contributed by atoms with Gasteiger partial charge in [-0.15, -0.1) is 0 Å². The fourth-order valence-electron chi connectivity index (χ4n) is 1.98. The van der Waals surface area contributed by atoms with Crippen LogP contribution in [-0.4, -0.2) is 49.5 Å². The maximum Gasteiger partial charge on any atom is 0.324 e. The number of benzene rings is 1. The number of carbonyl (C=O) groups is 2. The Kier molecular flexibility index (Phi) is 5.29. The van der Waals surface area contributed by atoms with E-state index in [9.17, 15) is 14.0 Å². The molecule has 2 rings (SSSR count). The SMILES string of the molecule is CN=C(NCCN1C(=O)CNC1=O)NCc1ccc(F)cc1. The van der Waals surface area contributed by atoms with Gasteiger partial charge >= 0.3 is 6.03 Å². The quantitative estimate of drug-likeness (QED) is 0.407. The van der Waals surface area contributed by atoms with Crippen LogP contribution in [0.2, 0.25) is 0 Å². The molecule has 1 aliphatic heterocycles. The summed E-state index contributed by atoms with van der Waals surface area (Å²) in [4.78, 5) is 28.0. The van der Waals surface area contributed by atoms with Gasteiger partial charge in [-0.25, -0.2) is 9.18 Å². The molecule has 0 spiro atoms. The van der Waals surface area contributed by atoms with E-state index in [2.05, 4.69) is 20.9 Å². The number of rotatable bonds is 5. The molecule has 0 bridgehead atoms. The van der Waals surface area contributed by atoms with Crippen LogP contribution in [0.5, 0.6) is 0 Å². The van der Waals surface area contributed by atoms with Crippen LogP contribution in [0, 0.1) is 5.82 Å². The minimum atomic E-state index is -0.374. The maximum atomic E-state index is 12.8. The Morgan fingerprint density at radius 1 is 1.32 bits per heavy atom. The molecule has 8 heteroatoms. The van der Waals surface area contributed by atoms with Crippen molar-refractivity contribution in [1.82, 2.24) is 20.9 Å². The Bertz CT molecular complexity index is 557. The number of nitrogens with one attached hydrogen (secondary N) is 3. The van der Waals surface area contributed by atoms with Gasteiger partial charge in [0.1, 0.15) is 5.82 Å². The van der Waals surface area contributed by atoms with Gasteiger partial charge in [-0.3, -0.25) is 14.7 Å². The van der Waals surface area contributed by atoms with E-state index in [4.69, 9.17) is 0 Å². The lowest BCUT2D eigenvalue weighted by atomic mass is 10.2. The third-order valence-electron chi connectivity index (χ3n) is 3.16. The predicted molar refractivity (Wildman–Crippen MR) is 79.7 cm³/mol. The molecule has 1 aromatic rings. The number of halogens is 1. The summed E-state index contributed by atoms with van der Waals surface area (Å²) in [5, 5.41) is 8.53. The lowest BCUT2D eigenvalue weighted by molar-refractivity contribution is -0.124. The van der Waals surface area contributed by atoms with Crippen LogP contribution in [0.1, 0.15) is 5.56 Å². The fourth-order valence-corrected chi connectivity index (χ4v) is 1.98. The van der Waals surface area contributed by atoms with Gasteiger partial charge in [-0.05, 0) is 17.7 Å². The summed E-state index contributed by atoms with van der Waals surface area (Å²) >= 11 is 0. The molecule has 1 aromatic carbocycles. The van der Waals surface area contributed by atoms with Gasteiger partial charge < -0.3 is 16.0 Å². The second kappa shape index (κ2) is 7.39. The van der Waals surface area contributed by atoms with E-state index in [1.807, 2.05) is 0 Å². The molecule has 1 saturated heterocycles. The van der Waals surface area contributed by atoms with Gasteiger partial charge in [0.15, 0.2) is 5.96 Å². The van der Waals surface area contributed by atoms with Crippen LogP contribution in [0.3, 0.4) is 0 Å². The molecule has 0 atom stereocenters. The summed E-state index contributed by atoms with van der Waals surface area (Å²) in [6.07, 6.45) is 0. The normalized spacial score (nSPS) is 15.0. The predicted octanol–water partition coefficient (Wildman–Crippen LogP) is 0.0425. The van der Waals surface area contributed by atoms with Crippen molar-refractivity contribution in [3.8, 4) is 0 Å². The number of amides is 3. The number of urea groups is 1. The van der Waals surface area contributed by atoms with Gasteiger partial charge in [0.2, 0.25) is 5.91 Å². The molecule has 0 aliphatic carbocycles. The Morgan fingerprint density at radius 2 is 2.05 bits per heavy atom. The largest absolute Gasteiger partial charge is 0.355 e. The zero-order chi connectivity index (χ0) is 15.9. The van der Waals surface area contributed by atoms with Crippen molar-refractivity contribution in [2.75, 3.05) is 26.7 Å². The molecule has 0 aromatic heterocycles. The number of hydrogen-bond acceptors (Lipinski definition) is 3. The molecule has 0 saturated carbocycles. The number of nitrogens with zero attached hydrogens (tertiary/aromatic N) is 2. The highest BCUT2D eigenvalue weighted by atomic mass is 19.1. The monoisotopic (exact) mass is 307 g/mol. The summed E-state index contributed by atoms with van der Waals surface area (Å²) in [7, 11) is 1.62. The first-order chi connectivity index (χ1) is 10.6. The zero-order valence-corrected chi connectivity index (χ0v) is 12.2. The van der Waals surface area contributed by atoms with Crippen LogP contribution < -0.4 is 16.0 Å². The Balaban J connectivity index is 1.74. The fraction of sp³-hybridized carbons (Fsp3) is 0.357. The smallest absolute Gasteiger partial charge is 0.324 e. The summed E-state index contributed by atoms with van der Waals surface area (Å²) in [5.41, 5.74) is 0.915. The van der Waals surface area contributed by atoms with Crippen LogP contribution >= 0.6 is 0 Å². The van der Waals surface area contributed by atoms with Gasteiger partial charge in [0.25, 0.3) is 0 Å². The third-order valence-corrected chi connectivity index (χ3v) is 3.16. The van der Waals surface area contributed by atoms with E-state index in [0.29, 0.717) is 19.0 Å². The lowest BCUT2D eigenvalue weighted by Gasteiger charge is -2.15. The van der Waals surface area contributed by atoms with Crippen LogP contribution in [0.4, 0.5) is 9.18 Å². The number of hydrogen-bond donors (Lipinski definition) is 3. The first-order valence-corrected chi connectivity index (χ1v) is 6.87. The standard InChI is InChI=1S/C14H18FN5O2/c1-16-13(18-8-10-2-4-11(15)5-3-10)17-6-7-20-12(21)9-19-14(20)22/h2-5H,6-9H2,1H3,(H,19,22)(H2,16,17,18). The highest BCUT2D eigenvalue weighted by molar-refractivity contribution is 6.01. The number of carbonyl (C=O) groups excluding carboxylic acids is 2. The average molecular weight is 307 g/mol. The van der Waals surface area contributed by atoms with Crippen molar-refractivity contribution < 1.29 is 14.0 Å². The van der Waals surface area contributed by atoms with E-state index in [0.717, 1.165) is 10.5 Å². The second-order valence-corrected chi connectivity index (χ2v) is 4.68. The first kappa shape index (κ1) is 15.7. The summed E-state index contributed by atoms with van der Waals surface area (Å²) in [6, 6.07) is 5.78. The second-order valence-electron chi connectivity index (χ2n) is 4.68. The summed E-state index contributed by atoms with van der Waals surface area (Å²) in [5.74, 6) is 0.0252. The molecule has 7 nitrogen and oxygen atoms in total. The topological polar surface area (TPSA) is 85.8 Å². The maximum absolute atomic E-state index is 12.8. The van der Waals surface area contributed by atoms with Crippen LogP contribution in [0.15, 0.2) is 29.3 Å². The Labute approximate surface area is 127 Å². The highest BCUT2D eigenvalue weighted by Crippen LogP contribution is 2.02. The first-order valence-electron chi connectivity index (χ1n) is 6.87. The van der Waals surface area contributed by atoms with Crippen molar-refractivity contribution in [1.29, 1.82) is 0 Å². The van der Waals surface area contributed by atoms with Crippen molar-refractivity contribution >= 4 is 17.9 Å². The molecule has 3 N–H and O–H groups in total. The van der Waals surface area contributed by atoms with E-state index in [1.54, 1.807) is 19.2 Å². The van der Waals surface area contributed by atoms with Gasteiger partial charge in [0, 0.05) is 26.7 Å². The lowest BCUT2D eigenvalue weighted by Crippen LogP contribution is -2.43. The van der Waals surface area contributed by atoms with E-state index in [1.165, 1.54) is 12.1 Å². The van der Waals surface area contributed by atoms with Gasteiger partial charge in [0.05, 0.1) is 6.54 Å². The van der Waals surface area contributed by atoms with Crippen LogP contribution in [-0.2, 0) is 11.3 Å². The van der Waals surface area contributed by atoms with Gasteiger partial charge in [-0.2, -0.15) is 0 Å². The summed E-state index contributed by atoms with van der Waals surface area (Å²) in [6.45, 7) is 1.20. The summed E-state index contributed by atoms with van der Waals surface area (Å²) < 4.78 is 12.8. The molecule has 3 amide bonds.